The summed E-state index contributed by atoms with van der Waals surface area (Å²) in [5.41, 5.74) is 0.503. The Labute approximate surface area is 63.8 Å². The monoisotopic (exact) mass is 184 g/mol. The van der Waals surface area contributed by atoms with Crippen molar-refractivity contribution in [1.82, 2.24) is 0 Å². The maximum atomic E-state index is 3.49. The molecule has 1 saturated carbocycles. The van der Waals surface area contributed by atoms with Crippen LogP contribution in [0.15, 0.2) is 24.3 Å². The minimum absolute atomic E-state index is 0.503. The molecule has 0 radical (unpaired) electrons. The van der Waals surface area contributed by atoms with Crippen LogP contribution in [0.1, 0.15) is 6.42 Å². The highest BCUT2D eigenvalue weighted by Crippen LogP contribution is 2.57. The third kappa shape index (κ3) is 0.710. The minimum Gasteiger partial charge on any atom is -0.0925 e. The van der Waals surface area contributed by atoms with E-state index in [1.807, 2.05) is 0 Å². The number of alkyl halides is 1. The summed E-state index contributed by atoms with van der Waals surface area (Å²) in [5.74, 6) is 0.882. The van der Waals surface area contributed by atoms with Crippen LogP contribution in [-0.4, -0.2) is 5.33 Å². The van der Waals surface area contributed by atoms with Gasteiger partial charge in [-0.05, 0) is 12.3 Å². The molecule has 0 aromatic rings. The lowest BCUT2D eigenvalue weighted by atomic mass is 10.1. The molecule has 0 heterocycles. The molecular weight excluding hydrogens is 176 g/mol. The first kappa shape index (κ1) is 5.72. The molecule has 0 aromatic carbocycles. The summed E-state index contributed by atoms with van der Waals surface area (Å²) in [4.78, 5) is 0. The van der Waals surface area contributed by atoms with Gasteiger partial charge in [0.2, 0.25) is 0 Å². The molecule has 0 saturated heterocycles. The van der Waals surface area contributed by atoms with Crippen LogP contribution in [0.4, 0.5) is 0 Å². The summed E-state index contributed by atoms with van der Waals surface area (Å²) in [7, 11) is 0. The van der Waals surface area contributed by atoms with E-state index in [9.17, 15) is 0 Å². The van der Waals surface area contributed by atoms with Crippen LogP contribution >= 0.6 is 15.9 Å². The van der Waals surface area contributed by atoms with Crippen molar-refractivity contribution in [2.24, 2.45) is 11.3 Å². The van der Waals surface area contributed by atoms with Gasteiger partial charge in [-0.25, -0.2) is 0 Å². The van der Waals surface area contributed by atoms with Gasteiger partial charge >= 0.3 is 0 Å². The zero-order valence-electron chi connectivity index (χ0n) is 5.18. The Morgan fingerprint density at radius 3 is 2.56 bits per heavy atom. The highest BCUT2D eigenvalue weighted by molar-refractivity contribution is 9.09. The number of allylic oxidation sites excluding steroid dienone is 4. The third-order valence-electron chi connectivity index (χ3n) is 2.31. The van der Waals surface area contributed by atoms with Gasteiger partial charge in [-0.3, -0.25) is 0 Å². The van der Waals surface area contributed by atoms with Crippen molar-refractivity contribution in [3.63, 3.8) is 0 Å². The molecule has 1 fully saturated rings. The summed E-state index contributed by atoms with van der Waals surface area (Å²) in [6, 6.07) is 0. The number of hydrogen-bond acceptors (Lipinski definition) is 0. The van der Waals surface area contributed by atoms with Crippen molar-refractivity contribution in [3.05, 3.63) is 24.3 Å². The quantitative estimate of drug-likeness (QED) is 0.550. The van der Waals surface area contributed by atoms with Crippen LogP contribution < -0.4 is 0 Å². The molecule has 0 nitrogen and oxygen atoms in total. The van der Waals surface area contributed by atoms with Crippen molar-refractivity contribution >= 4 is 15.9 Å². The summed E-state index contributed by atoms with van der Waals surface area (Å²) >= 11 is 3.49. The van der Waals surface area contributed by atoms with E-state index in [1.165, 1.54) is 6.42 Å². The van der Waals surface area contributed by atoms with Crippen molar-refractivity contribution < 1.29 is 0 Å². The van der Waals surface area contributed by atoms with Crippen LogP contribution in [0.25, 0.3) is 0 Å². The van der Waals surface area contributed by atoms with Gasteiger partial charge in [0.1, 0.15) is 0 Å². The predicted molar refractivity (Wildman–Crippen MR) is 42.6 cm³/mol. The fourth-order valence-corrected chi connectivity index (χ4v) is 2.33. The predicted octanol–water partition coefficient (Wildman–Crippen LogP) is 2.51. The van der Waals surface area contributed by atoms with Gasteiger partial charge in [-0.2, -0.15) is 0 Å². The first-order valence-corrected chi connectivity index (χ1v) is 4.42. The first-order chi connectivity index (χ1) is 4.37. The van der Waals surface area contributed by atoms with Gasteiger partial charge in [-0.15, -0.1) is 0 Å². The van der Waals surface area contributed by atoms with Crippen molar-refractivity contribution in [2.45, 2.75) is 6.42 Å². The second kappa shape index (κ2) is 1.72. The van der Waals surface area contributed by atoms with Crippen molar-refractivity contribution in [3.8, 4) is 0 Å². The molecule has 0 aliphatic heterocycles. The third-order valence-corrected chi connectivity index (χ3v) is 3.09. The smallest absolute Gasteiger partial charge is 0.0107 e. The van der Waals surface area contributed by atoms with Crippen LogP contribution in [0, 0.1) is 11.3 Å². The molecule has 1 heteroatoms. The zero-order chi connectivity index (χ0) is 6.32. The summed E-state index contributed by atoms with van der Waals surface area (Å²) in [6.45, 7) is 0. The molecule has 48 valence electrons. The zero-order valence-corrected chi connectivity index (χ0v) is 6.76. The van der Waals surface area contributed by atoms with Crippen LogP contribution in [-0.2, 0) is 0 Å². The Morgan fingerprint density at radius 1 is 1.44 bits per heavy atom. The fourth-order valence-electron chi connectivity index (χ4n) is 1.50. The van der Waals surface area contributed by atoms with E-state index in [2.05, 4.69) is 40.2 Å². The van der Waals surface area contributed by atoms with Gasteiger partial charge in [0.25, 0.3) is 0 Å². The largest absolute Gasteiger partial charge is 0.0925 e. The molecule has 1 unspecified atom stereocenters. The topological polar surface area (TPSA) is 0 Å². The fraction of sp³-hybridized carbons (Fsp3) is 0.500. The minimum atomic E-state index is 0.503. The molecule has 2 rings (SSSR count). The van der Waals surface area contributed by atoms with Crippen LogP contribution in [0.5, 0.6) is 0 Å². The maximum absolute atomic E-state index is 3.49. The normalized spacial score (nSPS) is 34.1. The lowest BCUT2D eigenvalue weighted by Gasteiger charge is -1.97. The molecule has 0 amide bonds. The highest BCUT2D eigenvalue weighted by atomic mass is 79.9. The van der Waals surface area contributed by atoms with Crippen LogP contribution in [0.2, 0.25) is 0 Å². The second-order valence-corrected chi connectivity index (χ2v) is 3.53. The molecule has 2 aliphatic rings. The highest BCUT2D eigenvalue weighted by Gasteiger charge is 2.49. The van der Waals surface area contributed by atoms with Crippen molar-refractivity contribution in [1.29, 1.82) is 0 Å². The van der Waals surface area contributed by atoms with E-state index >= 15 is 0 Å². The van der Waals surface area contributed by atoms with Gasteiger partial charge in [0.05, 0.1) is 0 Å². The average molecular weight is 185 g/mol. The van der Waals surface area contributed by atoms with Gasteiger partial charge in [-0.1, -0.05) is 40.2 Å². The van der Waals surface area contributed by atoms with E-state index in [0.717, 1.165) is 11.2 Å². The molecule has 1 atom stereocenters. The summed E-state index contributed by atoms with van der Waals surface area (Å²) < 4.78 is 0. The summed E-state index contributed by atoms with van der Waals surface area (Å²) in [5, 5.41) is 1.15. The van der Waals surface area contributed by atoms with Gasteiger partial charge in [0, 0.05) is 10.7 Å². The average Bonchev–Trinajstić information content (AvgIpc) is 2.30. The molecule has 2 aliphatic carbocycles. The van der Waals surface area contributed by atoms with E-state index in [4.69, 9.17) is 0 Å². The number of hydrogen-bond donors (Lipinski definition) is 0. The standard InChI is InChI=1S/C8H9Br/c9-6-7-5-8(7)3-1-2-4-8/h1-4,7H,5-6H2. The lowest BCUT2D eigenvalue weighted by molar-refractivity contribution is 0.768. The molecular formula is C8H9Br. The second-order valence-electron chi connectivity index (χ2n) is 2.89. The Balaban J connectivity index is 2.14. The molecule has 0 N–H and O–H groups in total. The molecule has 1 spiro atoms. The van der Waals surface area contributed by atoms with E-state index in [0.29, 0.717) is 5.41 Å². The Kier molecular flexibility index (Phi) is 1.10. The first-order valence-electron chi connectivity index (χ1n) is 3.30. The van der Waals surface area contributed by atoms with Crippen LogP contribution in [0.3, 0.4) is 0 Å². The Hall–Kier alpha value is -0.0400. The lowest BCUT2D eigenvalue weighted by Crippen LogP contribution is -1.92. The number of rotatable bonds is 1. The van der Waals surface area contributed by atoms with Gasteiger partial charge in [0.15, 0.2) is 0 Å². The van der Waals surface area contributed by atoms with Crippen molar-refractivity contribution in [2.75, 3.05) is 5.33 Å². The van der Waals surface area contributed by atoms with E-state index < -0.39 is 0 Å². The van der Waals surface area contributed by atoms with E-state index in [-0.39, 0.29) is 0 Å². The maximum Gasteiger partial charge on any atom is 0.0107 e. The number of halogens is 1. The molecule has 0 bridgehead atoms. The molecule has 0 aromatic heterocycles. The SMILES string of the molecule is BrCC1CC12C=CC=C2. The van der Waals surface area contributed by atoms with Gasteiger partial charge < -0.3 is 0 Å². The molecule has 9 heavy (non-hydrogen) atoms. The van der Waals surface area contributed by atoms with E-state index in [1.54, 1.807) is 0 Å². The summed E-state index contributed by atoms with van der Waals surface area (Å²) in [6.07, 6.45) is 10.3. The Bertz CT molecular complexity index is 167. The Morgan fingerprint density at radius 2 is 2.11 bits per heavy atom.